The summed E-state index contributed by atoms with van der Waals surface area (Å²) in [5, 5.41) is 3.48. The normalized spacial score (nSPS) is 20.6. The van der Waals surface area contributed by atoms with Crippen molar-refractivity contribution in [3.8, 4) is 5.75 Å². The highest BCUT2D eigenvalue weighted by Gasteiger charge is 2.23. The fourth-order valence-electron chi connectivity index (χ4n) is 2.21. The van der Waals surface area contributed by atoms with Crippen LogP contribution in [0, 0.1) is 0 Å². The predicted molar refractivity (Wildman–Crippen MR) is 62.4 cm³/mol. The molecule has 1 aromatic rings. The van der Waals surface area contributed by atoms with Gasteiger partial charge in [0.2, 0.25) is 0 Å². The summed E-state index contributed by atoms with van der Waals surface area (Å²) in [6.45, 7) is 2.04. The molecule has 0 saturated carbocycles. The van der Waals surface area contributed by atoms with Crippen LogP contribution in [0.15, 0.2) is 18.2 Å². The zero-order valence-electron chi connectivity index (χ0n) is 9.29. The second-order valence-corrected chi connectivity index (χ2v) is 4.24. The van der Waals surface area contributed by atoms with Gasteiger partial charge in [0.25, 0.3) is 0 Å². The topological polar surface area (TPSA) is 47.3 Å². The second kappa shape index (κ2) is 4.11. The second-order valence-electron chi connectivity index (χ2n) is 4.24. The van der Waals surface area contributed by atoms with E-state index < -0.39 is 0 Å². The van der Waals surface area contributed by atoms with Gasteiger partial charge in [0.05, 0.1) is 7.11 Å². The lowest BCUT2D eigenvalue weighted by Crippen LogP contribution is -2.26. The number of methoxy groups -OCH3 is 1. The SMILES string of the molecule is COc1cccc2c1CC(CC(C)N)N2. The van der Waals surface area contributed by atoms with Crippen molar-refractivity contribution >= 4 is 5.69 Å². The molecule has 2 rings (SSSR count). The highest BCUT2D eigenvalue weighted by molar-refractivity contribution is 5.62. The summed E-state index contributed by atoms with van der Waals surface area (Å²) in [5.74, 6) is 0.979. The summed E-state index contributed by atoms with van der Waals surface area (Å²) >= 11 is 0. The highest BCUT2D eigenvalue weighted by atomic mass is 16.5. The maximum atomic E-state index is 5.81. The van der Waals surface area contributed by atoms with Crippen LogP contribution in [0.3, 0.4) is 0 Å². The molecule has 3 N–H and O–H groups in total. The third-order valence-electron chi connectivity index (χ3n) is 2.82. The fourth-order valence-corrected chi connectivity index (χ4v) is 2.21. The molecule has 2 atom stereocenters. The van der Waals surface area contributed by atoms with Gasteiger partial charge >= 0.3 is 0 Å². The minimum Gasteiger partial charge on any atom is -0.496 e. The van der Waals surface area contributed by atoms with Crippen molar-refractivity contribution in [1.29, 1.82) is 0 Å². The van der Waals surface area contributed by atoms with Crippen molar-refractivity contribution in [1.82, 2.24) is 0 Å². The quantitative estimate of drug-likeness (QED) is 0.792. The first-order chi connectivity index (χ1) is 7.20. The van der Waals surface area contributed by atoms with Crippen LogP contribution in [0.2, 0.25) is 0 Å². The molecule has 15 heavy (non-hydrogen) atoms. The van der Waals surface area contributed by atoms with Crippen LogP contribution < -0.4 is 15.8 Å². The van der Waals surface area contributed by atoms with E-state index in [1.54, 1.807) is 7.11 Å². The molecule has 1 aliphatic heterocycles. The third kappa shape index (κ3) is 2.07. The van der Waals surface area contributed by atoms with Gasteiger partial charge in [-0.1, -0.05) is 6.07 Å². The fraction of sp³-hybridized carbons (Fsp3) is 0.500. The Kier molecular flexibility index (Phi) is 2.82. The van der Waals surface area contributed by atoms with E-state index in [2.05, 4.69) is 11.4 Å². The maximum Gasteiger partial charge on any atom is 0.124 e. The largest absolute Gasteiger partial charge is 0.496 e. The smallest absolute Gasteiger partial charge is 0.124 e. The molecule has 3 nitrogen and oxygen atoms in total. The number of fused-ring (bicyclic) bond motifs is 1. The predicted octanol–water partition coefficient (Wildman–Crippen LogP) is 1.77. The van der Waals surface area contributed by atoms with Crippen LogP contribution in [-0.4, -0.2) is 19.2 Å². The summed E-state index contributed by atoms with van der Waals surface area (Å²) in [5.41, 5.74) is 8.28. The van der Waals surface area contributed by atoms with Crippen molar-refractivity contribution in [2.45, 2.75) is 31.8 Å². The van der Waals surface area contributed by atoms with E-state index in [1.165, 1.54) is 11.3 Å². The molecule has 0 fully saturated rings. The van der Waals surface area contributed by atoms with Crippen molar-refractivity contribution in [3.63, 3.8) is 0 Å². The van der Waals surface area contributed by atoms with Crippen LogP contribution in [-0.2, 0) is 6.42 Å². The first-order valence-electron chi connectivity index (χ1n) is 5.38. The van der Waals surface area contributed by atoms with Gasteiger partial charge in [0.1, 0.15) is 5.75 Å². The first kappa shape index (κ1) is 10.3. The summed E-state index contributed by atoms with van der Waals surface area (Å²) in [6, 6.07) is 6.81. The van der Waals surface area contributed by atoms with Gasteiger partial charge in [-0.3, -0.25) is 0 Å². The van der Waals surface area contributed by atoms with Gasteiger partial charge in [0, 0.05) is 23.3 Å². The summed E-state index contributed by atoms with van der Waals surface area (Å²) < 4.78 is 5.34. The molecule has 0 amide bonds. The van der Waals surface area contributed by atoms with Gasteiger partial charge in [-0.25, -0.2) is 0 Å². The van der Waals surface area contributed by atoms with E-state index in [4.69, 9.17) is 10.5 Å². The van der Waals surface area contributed by atoms with Gasteiger partial charge in [-0.2, -0.15) is 0 Å². The molecule has 1 aliphatic rings. The molecular formula is C12H18N2O. The Hall–Kier alpha value is -1.22. The van der Waals surface area contributed by atoms with Crippen LogP contribution >= 0.6 is 0 Å². The molecule has 0 aromatic heterocycles. The molecule has 1 heterocycles. The third-order valence-corrected chi connectivity index (χ3v) is 2.82. The summed E-state index contributed by atoms with van der Waals surface area (Å²) in [7, 11) is 1.72. The minimum absolute atomic E-state index is 0.239. The number of hydrogen-bond donors (Lipinski definition) is 2. The lowest BCUT2D eigenvalue weighted by molar-refractivity contribution is 0.409. The van der Waals surface area contributed by atoms with Crippen LogP contribution in [0.25, 0.3) is 0 Å². The molecule has 0 aliphatic carbocycles. The van der Waals surface area contributed by atoms with E-state index in [1.807, 2.05) is 19.1 Å². The zero-order valence-corrected chi connectivity index (χ0v) is 9.29. The molecule has 0 radical (unpaired) electrons. The van der Waals surface area contributed by atoms with Crippen molar-refractivity contribution < 1.29 is 4.74 Å². The highest BCUT2D eigenvalue weighted by Crippen LogP contribution is 2.34. The standard InChI is InChI=1S/C12H18N2O/c1-8(13)6-9-7-10-11(14-9)4-3-5-12(10)15-2/h3-5,8-9,14H,6-7,13H2,1-2H3. The molecule has 1 aromatic carbocycles. The van der Waals surface area contributed by atoms with Crippen LogP contribution in [0.5, 0.6) is 5.75 Å². The van der Waals surface area contributed by atoms with Gasteiger partial charge < -0.3 is 15.8 Å². The zero-order chi connectivity index (χ0) is 10.8. The van der Waals surface area contributed by atoms with Gasteiger partial charge in [-0.05, 0) is 31.9 Å². The Morgan fingerprint density at radius 3 is 3.07 bits per heavy atom. The number of nitrogens with one attached hydrogen (secondary N) is 1. The van der Waals surface area contributed by atoms with Crippen molar-refractivity contribution in [2.75, 3.05) is 12.4 Å². The van der Waals surface area contributed by atoms with E-state index in [-0.39, 0.29) is 6.04 Å². The molecule has 0 bridgehead atoms. The number of rotatable bonds is 3. The molecule has 2 unspecified atom stereocenters. The summed E-state index contributed by atoms with van der Waals surface area (Å²) in [6.07, 6.45) is 2.01. The molecule has 3 heteroatoms. The van der Waals surface area contributed by atoms with Gasteiger partial charge in [0.15, 0.2) is 0 Å². The average molecular weight is 206 g/mol. The number of benzene rings is 1. The summed E-state index contributed by atoms with van der Waals surface area (Å²) in [4.78, 5) is 0. The van der Waals surface area contributed by atoms with E-state index in [0.717, 1.165) is 18.6 Å². The monoisotopic (exact) mass is 206 g/mol. The van der Waals surface area contributed by atoms with Crippen LogP contribution in [0.4, 0.5) is 5.69 Å². The number of ether oxygens (including phenoxy) is 1. The Labute approximate surface area is 90.6 Å². The van der Waals surface area contributed by atoms with E-state index >= 15 is 0 Å². The Bertz CT molecular complexity index is 349. The number of anilines is 1. The lowest BCUT2D eigenvalue weighted by atomic mass is 10.0. The van der Waals surface area contributed by atoms with E-state index in [9.17, 15) is 0 Å². The molecule has 0 saturated heterocycles. The Morgan fingerprint density at radius 1 is 1.60 bits per heavy atom. The van der Waals surface area contributed by atoms with Crippen molar-refractivity contribution in [3.05, 3.63) is 23.8 Å². The van der Waals surface area contributed by atoms with Crippen molar-refractivity contribution in [2.24, 2.45) is 5.73 Å². The Balaban J connectivity index is 2.16. The average Bonchev–Trinajstić information content (AvgIpc) is 2.58. The Morgan fingerprint density at radius 2 is 2.40 bits per heavy atom. The molecule has 82 valence electrons. The number of hydrogen-bond acceptors (Lipinski definition) is 3. The lowest BCUT2D eigenvalue weighted by Gasteiger charge is -2.13. The molecule has 0 spiro atoms. The van der Waals surface area contributed by atoms with E-state index in [0.29, 0.717) is 6.04 Å². The molecular weight excluding hydrogens is 188 g/mol. The minimum atomic E-state index is 0.239. The first-order valence-corrected chi connectivity index (χ1v) is 5.38. The van der Waals surface area contributed by atoms with Crippen LogP contribution in [0.1, 0.15) is 18.9 Å². The number of nitrogens with two attached hydrogens (primary N) is 1. The maximum absolute atomic E-state index is 5.81. The van der Waals surface area contributed by atoms with Gasteiger partial charge in [-0.15, -0.1) is 0 Å².